The lowest BCUT2D eigenvalue weighted by Gasteiger charge is -2.27. The van der Waals surface area contributed by atoms with Gasteiger partial charge in [0.05, 0.1) is 10.7 Å². The summed E-state index contributed by atoms with van der Waals surface area (Å²) in [5.41, 5.74) is 3.00. The molecule has 0 aliphatic carbocycles. The van der Waals surface area contributed by atoms with Crippen molar-refractivity contribution in [2.24, 2.45) is 0 Å². The minimum atomic E-state index is -0.414. The Morgan fingerprint density at radius 2 is 1.46 bits per heavy atom. The van der Waals surface area contributed by atoms with E-state index in [1.165, 1.54) is 0 Å². The number of halogens is 2. The zero-order chi connectivity index (χ0) is 18.5. The first-order valence-electron chi connectivity index (χ1n) is 8.36. The Labute approximate surface area is 157 Å². The summed E-state index contributed by atoms with van der Waals surface area (Å²) in [7, 11) is 0. The van der Waals surface area contributed by atoms with Gasteiger partial charge in [-0.2, -0.15) is 0 Å². The number of carbonyl (C=O) groups is 1. The molecule has 0 atom stereocenters. The van der Waals surface area contributed by atoms with E-state index in [4.69, 9.17) is 11.6 Å². The fraction of sp³-hybridized carbons (Fsp3) is 0.136. The van der Waals surface area contributed by atoms with Crippen molar-refractivity contribution in [1.29, 1.82) is 0 Å². The maximum atomic E-state index is 15.0. The minimum Gasteiger partial charge on any atom is -0.360 e. The molecule has 0 aliphatic rings. The number of carbonyl (C=O) groups excluding carboxylic acids is 1. The molecule has 0 N–H and O–H groups in total. The van der Waals surface area contributed by atoms with Crippen LogP contribution in [0.4, 0.5) is 10.1 Å². The van der Waals surface area contributed by atoms with Crippen LogP contribution in [0.15, 0.2) is 66.7 Å². The average molecular weight is 368 g/mol. The van der Waals surface area contributed by atoms with Gasteiger partial charge in [0, 0.05) is 18.7 Å². The summed E-state index contributed by atoms with van der Waals surface area (Å²) in [5, 5.41) is 0.264. The second-order valence-electron chi connectivity index (χ2n) is 6.18. The first-order chi connectivity index (χ1) is 12.6. The summed E-state index contributed by atoms with van der Waals surface area (Å²) in [5.74, 6) is -0.414. The highest BCUT2D eigenvalue weighted by molar-refractivity contribution is 6.33. The lowest BCUT2D eigenvalue weighted by atomic mass is 10.1. The number of nitrogens with zero attached hydrogens (tertiary/aromatic N) is 1. The molecule has 0 saturated heterocycles. The highest BCUT2D eigenvalue weighted by Gasteiger charge is 2.19. The van der Waals surface area contributed by atoms with Gasteiger partial charge >= 0.3 is 0 Å². The molecule has 0 saturated carbocycles. The Kier molecular flexibility index (Phi) is 5.69. The van der Waals surface area contributed by atoms with Crippen LogP contribution in [-0.2, 0) is 13.1 Å². The molecule has 3 aromatic carbocycles. The van der Waals surface area contributed by atoms with Crippen molar-refractivity contribution < 1.29 is 9.18 Å². The second kappa shape index (κ2) is 8.15. The minimum absolute atomic E-state index is 0.201. The standard InChI is InChI=1S/C22H19ClFNO/c1-16-19(15-26)20(23)12-21(22(16)24)25(13-17-8-4-2-5-9-17)14-18-10-6-3-7-11-18/h2-12,15H,13-14H2,1H3. The Bertz CT molecular complexity index is 856. The summed E-state index contributed by atoms with van der Waals surface area (Å²) in [6, 6.07) is 21.3. The van der Waals surface area contributed by atoms with Crippen LogP contribution in [0, 0.1) is 12.7 Å². The molecule has 0 unspecified atom stereocenters. The number of anilines is 1. The molecule has 0 aliphatic heterocycles. The van der Waals surface area contributed by atoms with Crippen molar-refractivity contribution in [2.45, 2.75) is 20.0 Å². The van der Waals surface area contributed by atoms with Crippen LogP contribution >= 0.6 is 11.6 Å². The molecule has 0 heterocycles. The SMILES string of the molecule is Cc1c(F)c(N(Cc2ccccc2)Cc2ccccc2)cc(Cl)c1C=O. The molecule has 3 rings (SSSR count). The smallest absolute Gasteiger partial charge is 0.151 e. The van der Waals surface area contributed by atoms with Crippen molar-refractivity contribution in [1.82, 2.24) is 0 Å². The van der Waals surface area contributed by atoms with Gasteiger partial charge in [0.25, 0.3) is 0 Å². The predicted molar refractivity (Wildman–Crippen MR) is 104 cm³/mol. The average Bonchev–Trinajstić information content (AvgIpc) is 2.66. The number of benzene rings is 3. The predicted octanol–water partition coefficient (Wildman–Crippen LogP) is 5.81. The van der Waals surface area contributed by atoms with E-state index in [0.717, 1.165) is 11.1 Å². The zero-order valence-electron chi connectivity index (χ0n) is 14.5. The van der Waals surface area contributed by atoms with E-state index in [1.807, 2.05) is 65.6 Å². The molecule has 0 spiro atoms. The Balaban J connectivity index is 2.04. The van der Waals surface area contributed by atoms with Crippen molar-refractivity contribution in [2.75, 3.05) is 4.90 Å². The van der Waals surface area contributed by atoms with Gasteiger partial charge in [-0.1, -0.05) is 72.3 Å². The molecular weight excluding hydrogens is 349 g/mol. The van der Waals surface area contributed by atoms with Crippen LogP contribution in [0.25, 0.3) is 0 Å². The van der Waals surface area contributed by atoms with Gasteiger partial charge in [-0.3, -0.25) is 4.79 Å². The molecule has 0 radical (unpaired) electrons. The highest BCUT2D eigenvalue weighted by Crippen LogP contribution is 2.32. The number of hydrogen-bond donors (Lipinski definition) is 0. The van der Waals surface area contributed by atoms with Crippen molar-refractivity contribution in [3.63, 3.8) is 0 Å². The fourth-order valence-electron chi connectivity index (χ4n) is 2.96. The summed E-state index contributed by atoms with van der Waals surface area (Å²) >= 11 is 6.23. The third kappa shape index (κ3) is 3.94. The van der Waals surface area contributed by atoms with E-state index in [1.54, 1.807) is 13.0 Å². The van der Waals surface area contributed by atoms with Crippen LogP contribution < -0.4 is 4.90 Å². The van der Waals surface area contributed by atoms with Crippen LogP contribution in [0.5, 0.6) is 0 Å². The van der Waals surface area contributed by atoms with Gasteiger partial charge in [0.2, 0.25) is 0 Å². The molecule has 2 nitrogen and oxygen atoms in total. The third-order valence-electron chi connectivity index (χ3n) is 4.37. The van der Waals surface area contributed by atoms with Gasteiger partial charge in [-0.05, 0) is 29.7 Å². The van der Waals surface area contributed by atoms with Gasteiger partial charge < -0.3 is 4.90 Å². The van der Waals surface area contributed by atoms with Crippen LogP contribution in [0.3, 0.4) is 0 Å². The molecule has 0 fully saturated rings. The molecule has 0 aromatic heterocycles. The summed E-state index contributed by atoms with van der Waals surface area (Å²) in [6.45, 7) is 2.64. The third-order valence-corrected chi connectivity index (χ3v) is 4.68. The maximum absolute atomic E-state index is 15.0. The molecule has 0 bridgehead atoms. The van der Waals surface area contributed by atoms with Crippen LogP contribution in [0.2, 0.25) is 5.02 Å². The normalized spacial score (nSPS) is 10.6. The molecular formula is C22H19ClFNO. The van der Waals surface area contributed by atoms with Crippen molar-refractivity contribution >= 4 is 23.6 Å². The molecule has 0 amide bonds. The number of hydrogen-bond acceptors (Lipinski definition) is 2. The summed E-state index contributed by atoms with van der Waals surface area (Å²) in [6.07, 6.45) is 0.600. The Morgan fingerprint density at radius 3 is 1.92 bits per heavy atom. The van der Waals surface area contributed by atoms with Gasteiger partial charge in [0.1, 0.15) is 5.82 Å². The van der Waals surface area contributed by atoms with E-state index < -0.39 is 5.82 Å². The largest absolute Gasteiger partial charge is 0.360 e. The van der Waals surface area contributed by atoms with Crippen LogP contribution in [0.1, 0.15) is 27.0 Å². The van der Waals surface area contributed by atoms with E-state index in [9.17, 15) is 4.79 Å². The van der Waals surface area contributed by atoms with Crippen molar-refractivity contribution in [3.05, 3.63) is 99.8 Å². The second-order valence-corrected chi connectivity index (χ2v) is 6.58. The lowest BCUT2D eigenvalue weighted by molar-refractivity contribution is 0.112. The first kappa shape index (κ1) is 18.2. The maximum Gasteiger partial charge on any atom is 0.151 e. The Morgan fingerprint density at radius 1 is 0.962 bits per heavy atom. The molecule has 26 heavy (non-hydrogen) atoms. The topological polar surface area (TPSA) is 20.3 Å². The van der Waals surface area contributed by atoms with E-state index in [0.29, 0.717) is 25.1 Å². The Hall–Kier alpha value is -2.65. The first-order valence-corrected chi connectivity index (χ1v) is 8.74. The quantitative estimate of drug-likeness (QED) is 0.512. The fourth-order valence-corrected chi connectivity index (χ4v) is 3.25. The molecule has 132 valence electrons. The lowest BCUT2D eigenvalue weighted by Crippen LogP contribution is -2.23. The zero-order valence-corrected chi connectivity index (χ0v) is 15.2. The van der Waals surface area contributed by atoms with E-state index >= 15 is 4.39 Å². The van der Waals surface area contributed by atoms with Crippen LogP contribution in [-0.4, -0.2) is 6.29 Å². The van der Waals surface area contributed by atoms with Gasteiger partial charge in [-0.15, -0.1) is 0 Å². The number of aldehydes is 1. The number of rotatable bonds is 6. The summed E-state index contributed by atoms with van der Waals surface area (Å²) in [4.78, 5) is 13.1. The van der Waals surface area contributed by atoms with Gasteiger partial charge in [-0.25, -0.2) is 4.39 Å². The molecule has 4 heteroatoms. The highest BCUT2D eigenvalue weighted by atomic mass is 35.5. The van der Waals surface area contributed by atoms with Gasteiger partial charge in [0.15, 0.2) is 6.29 Å². The summed E-state index contributed by atoms with van der Waals surface area (Å²) < 4.78 is 15.0. The monoisotopic (exact) mass is 367 g/mol. The van der Waals surface area contributed by atoms with E-state index in [2.05, 4.69) is 0 Å². The molecule has 3 aromatic rings. The van der Waals surface area contributed by atoms with Crippen molar-refractivity contribution in [3.8, 4) is 0 Å². The van der Waals surface area contributed by atoms with E-state index in [-0.39, 0.29) is 16.1 Å².